The SMILES string of the molecule is O=C(CSc1nccn1Cc1ccccc1)NCCc1ccccc1. The minimum atomic E-state index is 0.0372. The van der Waals surface area contributed by atoms with E-state index in [4.69, 9.17) is 0 Å². The second-order valence-corrected chi connectivity index (χ2v) is 6.64. The lowest BCUT2D eigenvalue weighted by Crippen LogP contribution is -2.27. The van der Waals surface area contributed by atoms with Crippen molar-refractivity contribution in [3.63, 3.8) is 0 Å². The molecule has 1 amide bonds. The van der Waals surface area contributed by atoms with E-state index in [1.165, 1.54) is 22.9 Å². The second-order valence-electron chi connectivity index (χ2n) is 5.70. The quantitative estimate of drug-likeness (QED) is 0.633. The van der Waals surface area contributed by atoms with Crippen LogP contribution in [0.3, 0.4) is 0 Å². The molecular formula is C20H21N3OS. The molecule has 1 heterocycles. The van der Waals surface area contributed by atoms with Crippen LogP contribution in [0.5, 0.6) is 0 Å². The van der Waals surface area contributed by atoms with E-state index in [0.29, 0.717) is 12.3 Å². The first kappa shape index (κ1) is 17.3. The van der Waals surface area contributed by atoms with Crippen LogP contribution in [-0.2, 0) is 17.8 Å². The molecular weight excluding hydrogens is 330 g/mol. The van der Waals surface area contributed by atoms with Crippen LogP contribution in [0.4, 0.5) is 0 Å². The molecule has 25 heavy (non-hydrogen) atoms. The molecule has 0 radical (unpaired) electrons. The fraction of sp³-hybridized carbons (Fsp3) is 0.200. The molecule has 0 fully saturated rings. The Morgan fingerprint density at radius 1 is 1.00 bits per heavy atom. The predicted molar refractivity (Wildman–Crippen MR) is 102 cm³/mol. The van der Waals surface area contributed by atoms with E-state index in [0.717, 1.165) is 18.1 Å². The summed E-state index contributed by atoms with van der Waals surface area (Å²) in [6.45, 7) is 1.42. The number of carbonyl (C=O) groups excluding carboxylic acids is 1. The largest absolute Gasteiger partial charge is 0.355 e. The van der Waals surface area contributed by atoms with Crippen LogP contribution >= 0.6 is 11.8 Å². The molecule has 0 atom stereocenters. The molecule has 0 saturated carbocycles. The van der Waals surface area contributed by atoms with Gasteiger partial charge in [0.05, 0.1) is 5.75 Å². The lowest BCUT2D eigenvalue weighted by Gasteiger charge is -2.08. The van der Waals surface area contributed by atoms with Gasteiger partial charge in [-0.15, -0.1) is 0 Å². The Morgan fingerprint density at radius 3 is 2.40 bits per heavy atom. The van der Waals surface area contributed by atoms with E-state index in [2.05, 4.69) is 39.1 Å². The summed E-state index contributed by atoms with van der Waals surface area (Å²) < 4.78 is 2.07. The van der Waals surface area contributed by atoms with Crippen molar-refractivity contribution in [2.24, 2.45) is 0 Å². The minimum absolute atomic E-state index is 0.0372. The van der Waals surface area contributed by atoms with Gasteiger partial charge in [0.2, 0.25) is 5.91 Å². The Labute approximate surface area is 152 Å². The van der Waals surface area contributed by atoms with Crippen LogP contribution < -0.4 is 5.32 Å². The molecule has 3 rings (SSSR count). The number of nitrogens with zero attached hydrogens (tertiary/aromatic N) is 2. The second kappa shape index (κ2) is 9.08. The molecule has 0 saturated heterocycles. The number of aromatic nitrogens is 2. The molecule has 3 aromatic rings. The van der Waals surface area contributed by atoms with Crippen molar-refractivity contribution in [1.29, 1.82) is 0 Å². The average molecular weight is 351 g/mol. The Bertz CT molecular complexity index is 787. The van der Waals surface area contributed by atoms with Crippen LogP contribution in [-0.4, -0.2) is 27.8 Å². The number of thioether (sulfide) groups is 1. The van der Waals surface area contributed by atoms with Gasteiger partial charge in [0.25, 0.3) is 0 Å². The van der Waals surface area contributed by atoms with Gasteiger partial charge < -0.3 is 9.88 Å². The summed E-state index contributed by atoms with van der Waals surface area (Å²) in [6, 6.07) is 20.4. The number of nitrogens with one attached hydrogen (secondary N) is 1. The molecule has 5 heteroatoms. The van der Waals surface area contributed by atoms with E-state index in [1.807, 2.05) is 42.6 Å². The van der Waals surface area contributed by atoms with E-state index in [-0.39, 0.29) is 5.91 Å². The molecule has 0 spiro atoms. The van der Waals surface area contributed by atoms with Crippen molar-refractivity contribution in [2.75, 3.05) is 12.3 Å². The molecule has 2 aromatic carbocycles. The van der Waals surface area contributed by atoms with Crippen molar-refractivity contribution in [3.05, 3.63) is 84.2 Å². The number of hydrogen-bond acceptors (Lipinski definition) is 3. The van der Waals surface area contributed by atoms with Crippen molar-refractivity contribution < 1.29 is 4.79 Å². The van der Waals surface area contributed by atoms with Gasteiger partial charge in [0.1, 0.15) is 0 Å². The highest BCUT2D eigenvalue weighted by atomic mass is 32.2. The molecule has 4 nitrogen and oxygen atoms in total. The topological polar surface area (TPSA) is 46.9 Å². The summed E-state index contributed by atoms with van der Waals surface area (Å²) in [7, 11) is 0. The van der Waals surface area contributed by atoms with E-state index in [1.54, 1.807) is 6.20 Å². The minimum Gasteiger partial charge on any atom is -0.355 e. The van der Waals surface area contributed by atoms with E-state index in [9.17, 15) is 4.79 Å². The van der Waals surface area contributed by atoms with Gasteiger partial charge in [-0.25, -0.2) is 4.98 Å². The Morgan fingerprint density at radius 2 is 1.68 bits per heavy atom. The maximum absolute atomic E-state index is 12.0. The van der Waals surface area contributed by atoms with Gasteiger partial charge in [-0.3, -0.25) is 4.79 Å². The third kappa shape index (κ3) is 5.50. The van der Waals surface area contributed by atoms with Crippen LogP contribution in [0.2, 0.25) is 0 Å². The molecule has 1 aromatic heterocycles. The van der Waals surface area contributed by atoms with Crippen molar-refractivity contribution in [3.8, 4) is 0 Å². The lowest BCUT2D eigenvalue weighted by molar-refractivity contribution is -0.118. The Kier molecular flexibility index (Phi) is 6.29. The fourth-order valence-electron chi connectivity index (χ4n) is 2.51. The monoisotopic (exact) mass is 351 g/mol. The third-order valence-corrected chi connectivity index (χ3v) is 4.79. The van der Waals surface area contributed by atoms with Gasteiger partial charge in [-0.1, -0.05) is 72.4 Å². The summed E-state index contributed by atoms with van der Waals surface area (Å²) in [6.07, 6.45) is 4.57. The number of carbonyl (C=O) groups is 1. The number of imidazole rings is 1. The maximum atomic E-state index is 12.0. The zero-order valence-corrected chi connectivity index (χ0v) is 14.8. The van der Waals surface area contributed by atoms with Crippen LogP contribution in [0, 0.1) is 0 Å². The highest BCUT2D eigenvalue weighted by Crippen LogP contribution is 2.17. The average Bonchev–Trinajstić information content (AvgIpc) is 3.09. The summed E-state index contributed by atoms with van der Waals surface area (Å²) in [5, 5.41) is 3.83. The van der Waals surface area contributed by atoms with Gasteiger partial charge in [0, 0.05) is 25.5 Å². The summed E-state index contributed by atoms with van der Waals surface area (Å²) in [5.74, 6) is 0.413. The smallest absolute Gasteiger partial charge is 0.230 e. The van der Waals surface area contributed by atoms with Crippen LogP contribution in [0.1, 0.15) is 11.1 Å². The van der Waals surface area contributed by atoms with Crippen molar-refractivity contribution in [1.82, 2.24) is 14.9 Å². The molecule has 0 aliphatic rings. The molecule has 0 unspecified atom stereocenters. The lowest BCUT2D eigenvalue weighted by atomic mass is 10.1. The molecule has 128 valence electrons. The first-order valence-corrected chi connectivity index (χ1v) is 9.28. The predicted octanol–water partition coefficient (Wildman–Crippen LogP) is 3.38. The van der Waals surface area contributed by atoms with Gasteiger partial charge in [-0.2, -0.15) is 0 Å². The summed E-state index contributed by atoms with van der Waals surface area (Å²) in [5.41, 5.74) is 2.45. The molecule has 0 bridgehead atoms. The first-order chi connectivity index (χ1) is 12.3. The fourth-order valence-corrected chi connectivity index (χ4v) is 3.30. The van der Waals surface area contributed by atoms with Crippen molar-refractivity contribution >= 4 is 17.7 Å². The highest BCUT2D eigenvalue weighted by Gasteiger charge is 2.08. The Balaban J connectivity index is 1.44. The van der Waals surface area contributed by atoms with E-state index < -0.39 is 0 Å². The Hall–Kier alpha value is -2.53. The maximum Gasteiger partial charge on any atom is 0.230 e. The molecule has 0 aliphatic carbocycles. The molecule has 1 N–H and O–H groups in total. The highest BCUT2D eigenvalue weighted by molar-refractivity contribution is 7.99. The number of amides is 1. The number of rotatable bonds is 8. The number of benzene rings is 2. The summed E-state index contributed by atoms with van der Waals surface area (Å²) in [4.78, 5) is 16.4. The number of hydrogen-bond donors (Lipinski definition) is 1. The van der Waals surface area contributed by atoms with Crippen LogP contribution in [0.25, 0.3) is 0 Å². The third-order valence-electron chi connectivity index (χ3n) is 3.78. The van der Waals surface area contributed by atoms with Crippen LogP contribution in [0.15, 0.2) is 78.2 Å². The van der Waals surface area contributed by atoms with Gasteiger partial charge in [0.15, 0.2) is 5.16 Å². The van der Waals surface area contributed by atoms with Gasteiger partial charge >= 0.3 is 0 Å². The van der Waals surface area contributed by atoms with Crippen molar-refractivity contribution in [2.45, 2.75) is 18.1 Å². The zero-order valence-electron chi connectivity index (χ0n) is 14.0. The summed E-state index contributed by atoms with van der Waals surface area (Å²) >= 11 is 1.47. The van der Waals surface area contributed by atoms with E-state index >= 15 is 0 Å². The zero-order chi connectivity index (χ0) is 17.3. The standard InChI is InChI=1S/C20H21N3OS/c24-19(21-12-11-17-7-3-1-4-8-17)16-25-20-22-13-14-23(20)15-18-9-5-2-6-10-18/h1-10,13-14H,11-12,15-16H2,(H,21,24). The first-order valence-electron chi connectivity index (χ1n) is 8.30. The molecule has 0 aliphatic heterocycles. The van der Waals surface area contributed by atoms with Gasteiger partial charge in [-0.05, 0) is 17.5 Å². The normalized spacial score (nSPS) is 10.6.